The number of morpholine rings is 1. The summed E-state index contributed by atoms with van der Waals surface area (Å²) in [6.07, 6.45) is 2.61. The molecule has 0 radical (unpaired) electrons. The highest BCUT2D eigenvalue weighted by Gasteiger charge is 2.33. The number of ether oxygens (including phenoxy) is 1. The van der Waals surface area contributed by atoms with Crippen LogP contribution in [0.4, 0.5) is 0 Å². The van der Waals surface area contributed by atoms with Crippen molar-refractivity contribution in [2.45, 2.75) is 58.3 Å². The maximum atomic E-state index is 13.0. The van der Waals surface area contributed by atoms with Crippen LogP contribution in [0.1, 0.15) is 49.2 Å². The molecule has 4 rings (SSSR count). The van der Waals surface area contributed by atoms with Gasteiger partial charge in [-0.3, -0.25) is 9.69 Å². The van der Waals surface area contributed by atoms with Crippen molar-refractivity contribution >= 4 is 16.7 Å². The monoisotopic (exact) mass is 366 g/mol. The minimum atomic E-state index is -0.114. The normalized spacial score (nSPS) is 23.0. The number of nitrogens with zero attached hydrogens (tertiary/aromatic N) is 1. The first kappa shape index (κ1) is 18.5. The van der Waals surface area contributed by atoms with Crippen molar-refractivity contribution in [2.24, 2.45) is 0 Å². The summed E-state index contributed by atoms with van der Waals surface area (Å²) < 4.78 is 5.85. The highest BCUT2D eigenvalue weighted by Crippen LogP contribution is 2.32. The first-order valence-electron chi connectivity index (χ1n) is 10.1. The van der Waals surface area contributed by atoms with Gasteiger partial charge in [0.15, 0.2) is 0 Å². The molecule has 1 aliphatic carbocycles. The molecule has 27 heavy (non-hydrogen) atoms. The van der Waals surface area contributed by atoms with Gasteiger partial charge < -0.3 is 10.1 Å². The first-order chi connectivity index (χ1) is 12.8. The second-order valence-corrected chi connectivity index (χ2v) is 8.77. The quantitative estimate of drug-likeness (QED) is 0.900. The van der Waals surface area contributed by atoms with Gasteiger partial charge in [-0.1, -0.05) is 24.3 Å². The molecular weight excluding hydrogens is 336 g/mol. The fraction of sp³-hybridized carbons (Fsp3) is 0.522. The fourth-order valence-electron chi connectivity index (χ4n) is 4.62. The number of aryl methyl sites for hydroxylation is 2. The first-order valence-corrected chi connectivity index (χ1v) is 10.1. The van der Waals surface area contributed by atoms with Gasteiger partial charge in [0.1, 0.15) is 0 Å². The van der Waals surface area contributed by atoms with E-state index < -0.39 is 0 Å². The molecule has 4 nitrogen and oxygen atoms in total. The Morgan fingerprint density at radius 2 is 1.78 bits per heavy atom. The zero-order valence-corrected chi connectivity index (χ0v) is 16.8. The molecule has 4 heteroatoms. The minimum Gasteiger partial charge on any atom is -0.373 e. The van der Waals surface area contributed by atoms with E-state index in [4.69, 9.17) is 4.74 Å². The van der Waals surface area contributed by atoms with Gasteiger partial charge in [0.2, 0.25) is 0 Å². The Bertz CT molecular complexity index is 854. The lowest BCUT2D eigenvalue weighted by molar-refractivity contribution is -0.0948. The Morgan fingerprint density at radius 3 is 2.48 bits per heavy atom. The molecule has 1 fully saturated rings. The minimum absolute atomic E-state index is 0.0213. The molecule has 2 atom stereocenters. The van der Waals surface area contributed by atoms with E-state index in [1.807, 2.05) is 6.07 Å². The van der Waals surface area contributed by atoms with Gasteiger partial charge in [0, 0.05) is 30.7 Å². The number of hydrogen-bond acceptors (Lipinski definition) is 3. The fourth-order valence-corrected chi connectivity index (χ4v) is 4.62. The summed E-state index contributed by atoms with van der Waals surface area (Å²) in [6, 6.07) is 10.5. The molecule has 2 aromatic rings. The van der Waals surface area contributed by atoms with E-state index in [1.54, 1.807) is 0 Å². The largest absolute Gasteiger partial charge is 0.373 e. The molecule has 1 aliphatic heterocycles. The lowest BCUT2D eigenvalue weighted by Gasteiger charge is -2.45. The predicted octanol–water partition coefficient (Wildman–Crippen LogP) is 3.56. The van der Waals surface area contributed by atoms with E-state index in [2.05, 4.69) is 62.2 Å². The van der Waals surface area contributed by atoms with E-state index in [-0.39, 0.29) is 23.7 Å². The van der Waals surface area contributed by atoms with Crippen LogP contribution in [0.2, 0.25) is 0 Å². The van der Waals surface area contributed by atoms with Crippen LogP contribution in [-0.2, 0) is 17.6 Å². The number of hydrogen-bond donors (Lipinski definition) is 1. The average molecular weight is 367 g/mol. The van der Waals surface area contributed by atoms with Crippen molar-refractivity contribution in [3.8, 4) is 0 Å². The van der Waals surface area contributed by atoms with Crippen LogP contribution in [0.3, 0.4) is 0 Å². The van der Waals surface area contributed by atoms with Gasteiger partial charge in [-0.25, -0.2) is 0 Å². The van der Waals surface area contributed by atoms with Gasteiger partial charge in [0.05, 0.1) is 12.2 Å². The number of nitrogens with one attached hydrogen (secondary N) is 1. The summed E-state index contributed by atoms with van der Waals surface area (Å²) in [5.74, 6) is 0.0213. The van der Waals surface area contributed by atoms with Gasteiger partial charge in [-0.05, 0) is 68.5 Å². The second-order valence-electron chi connectivity index (χ2n) is 8.77. The summed E-state index contributed by atoms with van der Waals surface area (Å²) in [5.41, 5.74) is 3.41. The van der Waals surface area contributed by atoms with Crippen LogP contribution in [-0.4, -0.2) is 48.2 Å². The molecule has 1 saturated heterocycles. The Morgan fingerprint density at radius 1 is 1.11 bits per heavy atom. The maximum Gasteiger partial charge on any atom is 0.251 e. The second kappa shape index (κ2) is 6.92. The smallest absolute Gasteiger partial charge is 0.251 e. The van der Waals surface area contributed by atoms with Crippen LogP contribution in [0, 0.1) is 0 Å². The molecular formula is C23H30N2O2. The highest BCUT2D eigenvalue weighted by molar-refractivity contribution is 6.09. The summed E-state index contributed by atoms with van der Waals surface area (Å²) in [6.45, 7) is 11.0. The third-order valence-corrected chi connectivity index (χ3v) is 6.08. The molecule has 0 aromatic heterocycles. The van der Waals surface area contributed by atoms with E-state index in [1.165, 1.54) is 16.5 Å². The predicted molar refractivity (Wildman–Crippen MR) is 109 cm³/mol. The number of carbonyl (C=O) groups excluding carboxylic acids is 1. The van der Waals surface area contributed by atoms with Gasteiger partial charge in [-0.15, -0.1) is 0 Å². The van der Waals surface area contributed by atoms with Gasteiger partial charge >= 0.3 is 0 Å². The Labute approximate surface area is 161 Å². The van der Waals surface area contributed by atoms with Crippen molar-refractivity contribution in [3.63, 3.8) is 0 Å². The van der Waals surface area contributed by atoms with Crippen LogP contribution in [0.5, 0.6) is 0 Å². The number of amides is 1. The van der Waals surface area contributed by atoms with Gasteiger partial charge in [0.25, 0.3) is 5.91 Å². The number of rotatable bonds is 4. The van der Waals surface area contributed by atoms with E-state index in [0.717, 1.165) is 36.9 Å². The molecule has 0 bridgehead atoms. The summed E-state index contributed by atoms with van der Waals surface area (Å²) in [5, 5.41) is 5.58. The molecule has 144 valence electrons. The lowest BCUT2D eigenvalue weighted by Crippen LogP contribution is -2.58. The number of carbonyl (C=O) groups is 1. The molecule has 1 heterocycles. The molecule has 0 unspecified atom stereocenters. The van der Waals surface area contributed by atoms with Crippen molar-refractivity contribution in [1.29, 1.82) is 0 Å². The SMILES string of the molecule is C[C@H]1CN(C(C)(C)CNC(=O)c2ccc3c4c(cccc24)CC3)C[C@H](C)O1. The zero-order chi connectivity index (χ0) is 19.2. The highest BCUT2D eigenvalue weighted by atomic mass is 16.5. The van der Waals surface area contributed by atoms with E-state index in [9.17, 15) is 4.79 Å². The van der Waals surface area contributed by atoms with E-state index >= 15 is 0 Å². The van der Waals surface area contributed by atoms with E-state index in [0.29, 0.717) is 6.54 Å². The average Bonchev–Trinajstić information content (AvgIpc) is 3.04. The van der Waals surface area contributed by atoms with Crippen LogP contribution < -0.4 is 5.32 Å². The number of benzene rings is 2. The molecule has 0 spiro atoms. The van der Waals surface area contributed by atoms with Gasteiger partial charge in [-0.2, -0.15) is 0 Å². The topological polar surface area (TPSA) is 41.6 Å². The van der Waals surface area contributed by atoms with Crippen molar-refractivity contribution in [3.05, 3.63) is 47.0 Å². The molecule has 2 aliphatic rings. The Kier molecular flexibility index (Phi) is 4.73. The van der Waals surface area contributed by atoms with Crippen LogP contribution >= 0.6 is 0 Å². The third kappa shape index (κ3) is 3.48. The molecule has 0 saturated carbocycles. The molecule has 2 aromatic carbocycles. The maximum absolute atomic E-state index is 13.0. The van der Waals surface area contributed by atoms with Crippen molar-refractivity contribution in [1.82, 2.24) is 10.2 Å². The molecule has 1 N–H and O–H groups in total. The van der Waals surface area contributed by atoms with Crippen LogP contribution in [0.15, 0.2) is 30.3 Å². The Hall–Kier alpha value is -1.91. The summed E-state index contributed by atoms with van der Waals surface area (Å²) in [4.78, 5) is 15.4. The zero-order valence-electron chi connectivity index (χ0n) is 16.8. The summed E-state index contributed by atoms with van der Waals surface area (Å²) >= 11 is 0. The molecule has 1 amide bonds. The third-order valence-electron chi connectivity index (χ3n) is 6.08. The Balaban J connectivity index is 1.51. The standard InChI is InChI=1S/C23H30N2O2/c1-15-12-25(13-16(2)27-15)23(3,4)14-24-22(26)20-11-10-18-9-8-17-6-5-7-19(20)21(17)18/h5-7,10-11,15-16H,8-9,12-14H2,1-4H3,(H,24,26)/t15-,16-/m0/s1. The summed E-state index contributed by atoms with van der Waals surface area (Å²) in [7, 11) is 0. The van der Waals surface area contributed by atoms with Crippen molar-refractivity contribution in [2.75, 3.05) is 19.6 Å². The lowest BCUT2D eigenvalue weighted by atomic mass is 9.98. The van der Waals surface area contributed by atoms with Crippen LogP contribution in [0.25, 0.3) is 10.8 Å². The van der Waals surface area contributed by atoms with Crippen molar-refractivity contribution < 1.29 is 9.53 Å².